The number of aromatic amines is 1. The summed E-state index contributed by atoms with van der Waals surface area (Å²) in [5.74, 6) is 0.536. The van der Waals surface area contributed by atoms with Crippen molar-refractivity contribution in [3.8, 4) is 11.4 Å². The number of H-pyrrole nitrogens is 1. The lowest BCUT2D eigenvalue weighted by atomic mass is 9.94. The number of carbonyl (C=O) groups is 1. The van der Waals surface area contributed by atoms with Crippen LogP contribution in [0.4, 0.5) is 10.1 Å². The Hall–Kier alpha value is -2.64. The highest BCUT2D eigenvalue weighted by molar-refractivity contribution is 6.31. The second kappa shape index (κ2) is 8.71. The lowest BCUT2D eigenvalue weighted by Gasteiger charge is -2.38. The molecule has 0 atom stereocenters. The highest BCUT2D eigenvalue weighted by Crippen LogP contribution is 2.31. The van der Waals surface area contributed by atoms with Crippen LogP contribution in [0.1, 0.15) is 12.8 Å². The zero-order valence-electron chi connectivity index (χ0n) is 18.2. The molecule has 1 aromatic heterocycles. The van der Waals surface area contributed by atoms with Crippen molar-refractivity contribution in [3.05, 3.63) is 47.2 Å². The number of fused-ring (bicyclic) bond motifs is 1. The molecule has 2 aliphatic rings. The number of amides is 1. The molecule has 2 aliphatic heterocycles. The summed E-state index contributed by atoms with van der Waals surface area (Å²) in [6, 6.07) is 10.5. The molecule has 3 aromatic rings. The average molecular weight is 456 g/mol. The van der Waals surface area contributed by atoms with Gasteiger partial charge in [-0.25, -0.2) is 9.37 Å². The number of carbonyl (C=O) groups excluding carboxylic acids is 1. The summed E-state index contributed by atoms with van der Waals surface area (Å²) in [6.07, 6.45) is 1.64. The van der Waals surface area contributed by atoms with Gasteiger partial charge in [-0.3, -0.25) is 4.79 Å². The van der Waals surface area contributed by atoms with Crippen molar-refractivity contribution in [2.24, 2.45) is 5.92 Å². The van der Waals surface area contributed by atoms with Crippen molar-refractivity contribution >= 4 is 34.2 Å². The van der Waals surface area contributed by atoms with Crippen molar-refractivity contribution in [3.63, 3.8) is 0 Å². The summed E-state index contributed by atoms with van der Waals surface area (Å²) in [5.41, 5.74) is 2.91. The maximum Gasteiger partial charge on any atom is 0.225 e. The summed E-state index contributed by atoms with van der Waals surface area (Å²) in [5, 5.41) is 0.596. The number of piperazine rings is 1. The van der Waals surface area contributed by atoms with Gasteiger partial charge in [-0.15, -0.1) is 0 Å². The number of aromatic nitrogens is 2. The van der Waals surface area contributed by atoms with Gasteiger partial charge in [0.2, 0.25) is 5.91 Å². The standard InChI is InChI=1S/C24H27ClFN5O/c1-29-10-12-31(13-11-29)24(32)16-6-8-30(9-7-16)18-3-4-20(26)19(15-18)23-27-21-5-2-17(25)14-22(21)28-23/h2-5,14-16H,6-13H2,1H3,(H,27,28). The number of halogens is 2. The minimum Gasteiger partial charge on any atom is -0.371 e. The minimum atomic E-state index is -0.320. The predicted octanol–water partition coefficient (Wildman–Crippen LogP) is 4.01. The number of nitrogens with one attached hydrogen (secondary N) is 1. The third-order valence-corrected chi connectivity index (χ3v) is 6.91. The molecule has 8 heteroatoms. The van der Waals surface area contributed by atoms with E-state index in [0.717, 1.165) is 63.3 Å². The number of rotatable bonds is 3. The van der Waals surface area contributed by atoms with Crippen LogP contribution in [0.15, 0.2) is 36.4 Å². The molecule has 5 rings (SSSR count). The molecule has 0 saturated carbocycles. The SMILES string of the molecule is CN1CCN(C(=O)C2CCN(c3ccc(F)c(-c4nc5cc(Cl)ccc5[nH]4)c3)CC2)CC1. The normalized spacial score (nSPS) is 18.5. The van der Waals surface area contributed by atoms with E-state index in [4.69, 9.17) is 11.6 Å². The second-order valence-electron chi connectivity index (χ2n) is 8.80. The highest BCUT2D eigenvalue weighted by atomic mass is 35.5. The summed E-state index contributed by atoms with van der Waals surface area (Å²) in [4.78, 5) is 27.1. The van der Waals surface area contributed by atoms with Crippen molar-refractivity contribution in [1.29, 1.82) is 0 Å². The molecule has 0 bridgehead atoms. The van der Waals surface area contributed by atoms with E-state index in [1.807, 2.05) is 17.0 Å². The van der Waals surface area contributed by atoms with Gasteiger partial charge in [0.05, 0.1) is 16.6 Å². The Kier molecular flexibility index (Phi) is 5.78. The number of hydrogen-bond donors (Lipinski definition) is 1. The molecular weight excluding hydrogens is 429 g/mol. The van der Waals surface area contributed by atoms with Crippen molar-refractivity contribution < 1.29 is 9.18 Å². The largest absolute Gasteiger partial charge is 0.371 e. The second-order valence-corrected chi connectivity index (χ2v) is 9.24. The van der Waals surface area contributed by atoms with Crippen LogP contribution in [0.3, 0.4) is 0 Å². The molecule has 0 aliphatic carbocycles. The van der Waals surface area contributed by atoms with E-state index in [0.29, 0.717) is 27.8 Å². The van der Waals surface area contributed by atoms with E-state index in [1.165, 1.54) is 6.07 Å². The number of hydrogen-bond acceptors (Lipinski definition) is 4. The maximum absolute atomic E-state index is 14.7. The van der Waals surface area contributed by atoms with Crippen LogP contribution in [0, 0.1) is 11.7 Å². The first-order valence-corrected chi connectivity index (χ1v) is 11.5. The zero-order chi connectivity index (χ0) is 22.2. The van der Waals surface area contributed by atoms with E-state index in [2.05, 4.69) is 26.8 Å². The quantitative estimate of drug-likeness (QED) is 0.648. The van der Waals surface area contributed by atoms with Crippen LogP contribution in [0.25, 0.3) is 22.4 Å². The molecule has 2 aromatic carbocycles. The predicted molar refractivity (Wildman–Crippen MR) is 126 cm³/mol. The maximum atomic E-state index is 14.7. The Labute approximate surface area is 192 Å². The fraction of sp³-hybridized carbons (Fsp3) is 0.417. The van der Waals surface area contributed by atoms with Crippen LogP contribution < -0.4 is 4.90 Å². The molecule has 0 radical (unpaired) electrons. The Bertz CT molecular complexity index is 1130. The Balaban J connectivity index is 1.29. The lowest BCUT2D eigenvalue weighted by molar-refractivity contribution is -0.137. The number of benzene rings is 2. The highest BCUT2D eigenvalue weighted by Gasteiger charge is 2.30. The fourth-order valence-electron chi connectivity index (χ4n) is 4.67. The number of nitrogens with zero attached hydrogens (tertiary/aromatic N) is 4. The molecule has 168 valence electrons. The number of likely N-dealkylation sites (N-methyl/N-ethyl adjacent to an activating group) is 1. The van der Waals surface area contributed by atoms with E-state index in [-0.39, 0.29) is 11.7 Å². The van der Waals surface area contributed by atoms with Gasteiger partial charge in [-0.2, -0.15) is 0 Å². The summed E-state index contributed by atoms with van der Waals surface area (Å²) < 4.78 is 14.7. The Morgan fingerprint density at radius 1 is 1.06 bits per heavy atom. The first kappa shape index (κ1) is 21.2. The van der Waals surface area contributed by atoms with Crippen LogP contribution >= 0.6 is 11.6 Å². The van der Waals surface area contributed by atoms with Crippen molar-refractivity contribution in [2.75, 3.05) is 51.2 Å². The van der Waals surface area contributed by atoms with Crippen LogP contribution in [-0.2, 0) is 4.79 Å². The zero-order valence-corrected chi connectivity index (χ0v) is 18.9. The third-order valence-electron chi connectivity index (χ3n) is 6.67. The molecule has 0 spiro atoms. The first-order valence-electron chi connectivity index (χ1n) is 11.2. The van der Waals surface area contributed by atoms with E-state index >= 15 is 0 Å². The molecule has 6 nitrogen and oxygen atoms in total. The van der Waals surface area contributed by atoms with Crippen LogP contribution in [-0.4, -0.2) is 72.0 Å². The van der Waals surface area contributed by atoms with Gasteiger partial charge < -0.3 is 19.7 Å². The van der Waals surface area contributed by atoms with Gasteiger partial charge in [0.25, 0.3) is 0 Å². The van der Waals surface area contributed by atoms with Gasteiger partial charge >= 0.3 is 0 Å². The van der Waals surface area contributed by atoms with Gasteiger partial charge in [-0.1, -0.05) is 11.6 Å². The average Bonchev–Trinajstić information content (AvgIpc) is 3.22. The van der Waals surface area contributed by atoms with E-state index in [9.17, 15) is 9.18 Å². The van der Waals surface area contributed by atoms with Crippen LogP contribution in [0.5, 0.6) is 0 Å². The van der Waals surface area contributed by atoms with Gasteiger partial charge in [0.1, 0.15) is 11.6 Å². The summed E-state index contributed by atoms with van der Waals surface area (Å²) >= 11 is 6.06. The van der Waals surface area contributed by atoms with Gasteiger partial charge in [0.15, 0.2) is 0 Å². The molecule has 1 amide bonds. The van der Waals surface area contributed by atoms with Crippen molar-refractivity contribution in [2.45, 2.75) is 12.8 Å². The van der Waals surface area contributed by atoms with E-state index in [1.54, 1.807) is 18.2 Å². The van der Waals surface area contributed by atoms with Gasteiger partial charge in [-0.05, 0) is 56.3 Å². The molecule has 1 N–H and O–H groups in total. The number of piperidine rings is 1. The summed E-state index contributed by atoms with van der Waals surface area (Å²) in [7, 11) is 2.09. The smallest absolute Gasteiger partial charge is 0.225 e. The lowest BCUT2D eigenvalue weighted by Crippen LogP contribution is -2.50. The molecule has 32 heavy (non-hydrogen) atoms. The number of anilines is 1. The van der Waals surface area contributed by atoms with Crippen molar-refractivity contribution in [1.82, 2.24) is 19.8 Å². The first-order chi connectivity index (χ1) is 15.5. The number of imidazole rings is 1. The van der Waals surface area contributed by atoms with Gasteiger partial charge in [0, 0.05) is 55.9 Å². The molecule has 0 unspecified atom stereocenters. The summed E-state index contributed by atoms with van der Waals surface area (Å²) in [6.45, 7) is 5.09. The minimum absolute atomic E-state index is 0.0784. The third kappa shape index (κ3) is 4.19. The molecule has 3 heterocycles. The Morgan fingerprint density at radius 2 is 1.81 bits per heavy atom. The molecule has 2 saturated heterocycles. The Morgan fingerprint density at radius 3 is 2.56 bits per heavy atom. The molecule has 2 fully saturated rings. The van der Waals surface area contributed by atoms with Crippen LogP contribution in [0.2, 0.25) is 5.02 Å². The fourth-order valence-corrected chi connectivity index (χ4v) is 4.83. The topological polar surface area (TPSA) is 55.5 Å². The molecular formula is C24H27ClFN5O. The monoisotopic (exact) mass is 455 g/mol. The van der Waals surface area contributed by atoms with E-state index < -0.39 is 0 Å².